The summed E-state index contributed by atoms with van der Waals surface area (Å²) in [5.74, 6) is 0. The van der Waals surface area contributed by atoms with Crippen molar-refractivity contribution in [2.45, 2.75) is 6.18 Å². The maximum Gasteiger partial charge on any atom is 0.416 e. The van der Waals surface area contributed by atoms with Gasteiger partial charge in [0.15, 0.2) is 0 Å². The van der Waals surface area contributed by atoms with Crippen LogP contribution in [0.2, 0.25) is 0 Å². The molecule has 0 saturated heterocycles. The highest BCUT2D eigenvalue weighted by molar-refractivity contribution is 5.70. The lowest BCUT2D eigenvalue weighted by molar-refractivity contribution is -0.137. The molecular weight excluding hydrogens is 265 g/mol. The highest BCUT2D eigenvalue weighted by Gasteiger charge is 2.30. The molecule has 0 aliphatic rings. The third kappa shape index (κ3) is 3.45. The summed E-state index contributed by atoms with van der Waals surface area (Å²) in [5, 5.41) is 8.73. The molecule has 5 heteroatoms. The Morgan fingerprint density at radius 1 is 1.05 bits per heavy atom. The van der Waals surface area contributed by atoms with Crippen LogP contribution in [0.5, 0.6) is 0 Å². The maximum absolute atomic E-state index is 12.6. The van der Waals surface area contributed by atoms with Gasteiger partial charge in [-0.3, -0.25) is 4.98 Å². The smallest absolute Gasteiger partial charge is 0.263 e. The van der Waals surface area contributed by atoms with E-state index in [1.54, 1.807) is 24.3 Å². The molecule has 100 valence electrons. The van der Waals surface area contributed by atoms with Crippen molar-refractivity contribution in [3.8, 4) is 6.07 Å². The van der Waals surface area contributed by atoms with Crippen molar-refractivity contribution in [3.05, 3.63) is 65.0 Å². The molecule has 0 N–H and O–H groups in total. The van der Waals surface area contributed by atoms with Gasteiger partial charge in [0.25, 0.3) is 0 Å². The van der Waals surface area contributed by atoms with Gasteiger partial charge in [0, 0.05) is 12.4 Å². The molecule has 2 rings (SSSR count). The van der Waals surface area contributed by atoms with Crippen LogP contribution in [0.1, 0.15) is 22.3 Å². The van der Waals surface area contributed by atoms with E-state index < -0.39 is 11.7 Å². The molecule has 1 heterocycles. The summed E-state index contributed by atoms with van der Waals surface area (Å²) in [6.45, 7) is 0. The third-order valence-electron chi connectivity index (χ3n) is 2.57. The van der Waals surface area contributed by atoms with Crippen LogP contribution >= 0.6 is 0 Å². The summed E-state index contributed by atoms with van der Waals surface area (Å²) in [7, 11) is 0. The largest absolute Gasteiger partial charge is 0.416 e. The average molecular weight is 274 g/mol. The number of nitriles is 1. The number of aromatic nitrogens is 1. The Balaban J connectivity index is 2.25. The van der Waals surface area contributed by atoms with E-state index in [1.165, 1.54) is 18.5 Å². The van der Waals surface area contributed by atoms with Gasteiger partial charge in [-0.2, -0.15) is 18.4 Å². The van der Waals surface area contributed by atoms with E-state index in [1.807, 2.05) is 6.07 Å². The predicted octanol–water partition coefficient (Wildman–Crippen LogP) is 4.14. The Hall–Kier alpha value is -2.61. The van der Waals surface area contributed by atoms with Gasteiger partial charge in [-0.05, 0) is 29.3 Å². The van der Waals surface area contributed by atoms with Crippen LogP contribution in [0.4, 0.5) is 13.2 Å². The second kappa shape index (κ2) is 5.57. The first-order valence-corrected chi connectivity index (χ1v) is 5.69. The zero-order valence-electron chi connectivity index (χ0n) is 10.2. The summed E-state index contributed by atoms with van der Waals surface area (Å²) in [6.07, 6.45) is 1.76. The molecule has 20 heavy (non-hydrogen) atoms. The first-order chi connectivity index (χ1) is 9.49. The maximum atomic E-state index is 12.6. The SMILES string of the molecule is N#Cc1cncc(C=Cc2cccc(C(F)(F)F)c2)c1. The summed E-state index contributed by atoms with van der Waals surface area (Å²) in [5.41, 5.74) is 0.795. The number of hydrogen-bond acceptors (Lipinski definition) is 2. The minimum Gasteiger partial charge on any atom is -0.263 e. The first kappa shape index (κ1) is 13.8. The topological polar surface area (TPSA) is 36.7 Å². The van der Waals surface area contributed by atoms with Gasteiger partial charge in [-0.1, -0.05) is 24.3 Å². The summed E-state index contributed by atoms with van der Waals surface area (Å²) in [4.78, 5) is 3.87. The van der Waals surface area contributed by atoms with E-state index >= 15 is 0 Å². The Kier molecular flexibility index (Phi) is 3.85. The fourth-order valence-corrected chi connectivity index (χ4v) is 1.62. The van der Waals surface area contributed by atoms with Gasteiger partial charge >= 0.3 is 6.18 Å². The van der Waals surface area contributed by atoms with Gasteiger partial charge in [0.1, 0.15) is 6.07 Å². The van der Waals surface area contributed by atoms with E-state index in [9.17, 15) is 13.2 Å². The van der Waals surface area contributed by atoms with E-state index in [-0.39, 0.29) is 0 Å². The number of benzene rings is 1. The molecule has 0 aliphatic carbocycles. The molecule has 2 aromatic rings. The molecule has 0 saturated carbocycles. The Labute approximate surface area is 113 Å². The number of alkyl halides is 3. The lowest BCUT2D eigenvalue weighted by atomic mass is 10.1. The summed E-state index contributed by atoms with van der Waals surface area (Å²) >= 11 is 0. The zero-order chi connectivity index (χ0) is 14.6. The molecule has 0 unspecified atom stereocenters. The van der Waals surface area contributed by atoms with Crippen molar-refractivity contribution in [1.29, 1.82) is 5.26 Å². The quantitative estimate of drug-likeness (QED) is 0.825. The lowest BCUT2D eigenvalue weighted by Gasteiger charge is -2.06. The third-order valence-corrected chi connectivity index (χ3v) is 2.57. The monoisotopic (exact) mass is 274 g/mol. The Morgan fingerprint density at radius 3 is 2.50 bits per heavy atom. The van der Waals surface area contributed by atoms with Crippen molar-refractivity contribution in [1.82, 2.24) is 4.98 Å². The number of hydrogen-bond donors (Lipinski definition) is 0. The molecule has 0 aliphatic heterocycles. The number of rotatable bonds is 2. The second-order valence-electron chi connectivity index (χ2n) is 4.08. The van der Waals surface area contributed by atoms with Gasteiger partial charge in [-0.15, -0.1) is 0 Å². The molecule has 2 nitrogen and oxygen atoms in total. The van der Waals surface area contributed by atoms with E-state index in [0.717, 1.165) is 12.1 Å². The average Bonchev–Trinajstić information content (AvgIpc) is 2.45. The fraction of sp³-hybridized carbons (Fsp3) is 0.0667. The molecule has 0 spiro atoms. The molecule has 1 aromatic heterocycles. The van der Waals surface area contributed by atoms with Gasteiger partial charge in [0.2, 0.25) is 0 Å². The van der Waals surface area contributed by atoms with Crippen molar-refractivity contribution >= 4 is 12.2 Å². The molecule has 0 radical (unpaired) electrons. The first-order valence-electron chi connectivity index (χ1n) is 5.69. The van der Waals surface area contributed by atoms with Crippen molar-refractivity contribution in [2.24, 2.45) is 0 Å². The van der Waals surface area contributed by atoms with Crippen LogP contribution in [-0.2, 0) is 6.18 Å². The molecular formula is C15H9F3N2. The highest BCUT2D eigenvalue weighted by Crippen LogP contribution is 2.29. The zero-order valence-corrected chi connectivity index (χ0v) is 10.2. The van der Waals surface area contributed by atoms with E-state index in [4.69, 9.17) is 5.26 Å². The van der Waals surface area contributed by atoms with E-state index in [2.05, 4.69) is 4.98 Å². The van der Waals surface area contributed by atoms with Crippen LogP contribution in [-0.4, -0.2) is 4.98 Å². The van der Waals surface area contributed by atoms with Crippen molar-refractivity contribution in [3.63, 3.8) is 0 Å². The van der Waals surface area contributed by atoms with Crippen LogP contribution in [0.3, 0.4) is 0 Å². The van der Waals surface area contributed by atoms with Crippen LogP contribution in [0.15, 0.2) is 42.7 Å². The fourth-order valence-electron chi connectivity index (χ4n) is 1.62. The Bertz CT molecular complexity index is 682. The molecule has 0 fully saturated rings. The predicted molar refractivity (Wildman–Crippen MR) is 69.3 cm³/mol. The molecule has 1 aromatic carbocycles. The number of pyridine rings is 1. The van der Waals surface area contributed by atoms with Crippen molar-refractivity contribution < 1.29 is 13.2 Å². The van der Waals surface area contributed by atoms with Crippen LogP contribution in [0, 0.1) is 11.3 Å². The van der Waals surface area contributed by atoms with Gasteiger partial charge in [0.05, 0.1) is 11.1 Å². The van der Waals surface area contributed by atoms with Crippen molar-refractivity contribution in [2.75, 3.05) is 0 Å². The normalized spacial score (nSPS) is 11.5. The van der Waals surface area contributed by atoms with Crippen LogP contribution in [0.25, 0.3) is 12.2 Å². The number of halogens is 3. The molecule has 0 atom stereocenters. The summed E-state index contributed by atoms with van der Waals surface area (Å²) in [6, 6.07) is 8.58. The second-order valence-corrected chi connectivity index (χ2v) is 4.08. The van der Waals surface area contributed by atoms with Gasteiger partial charge in [-0.25, -0.2) is 0 Å². The van der Waals surface area contributed by atoms with E-state index in [0.29, 0.717) is 16.7 Å². The van der Waals surface area contributed by atoms with Gasteiger partial charge < -0.3 is 0 Å². The minimum atomic E-state index is -4.36. The molecule has 0 amide bonds. The van der Waals surface area contributed by atoms with Crippen LogP contribution < -0.4 is 0 Å². The molecule has 0 bridgehead atoms. The standard InChI is InChI=1S/C15H9F3N2/c16-15(17,18)14-3-1-2-11(7-14)4-5-12-6-13(8-19)10-20-9-12/h1-7,9-10H. The minimum absolute atomic E-state index is 0.399. The number of nitrogens with zero attached hydrogens (tertiary/aromatic N) is 2. The highest BCUT2D eigenvalue weighted by atomic mass is 19.4. The Morgan fingerprint density at radius 2 is 1.80 bits per heavy atom. The lowest BCUT2D eigenvalue weighted by Crippen LogP contribution is -2.04. The summed E-state index contributed by atoms with van der Waals surface area (Å²) < 4.78 is 37.7.